The van der Waals surface area contributed by atoms with Gasteiger partial charge in [0.2, 0.25) is 11.8 Å². The van der Waals surface area contributed by atoms with Crippen LogP contribution >= 0.6 is 0 Å². The first-order valence-corrected chi connectivity index (χ1v) is 12.3. The third-order valence-electron chi connectivity index (χ3n) is 7.44. The van der Waals surface area contributed by atoms with Gasteiger partial charge < -0.3 is 15.5 Å². The Bertz CT molecular complexity index is 1160. The van der Waals surface area contributed by atoms with Gasteiger partial charge in [-0.25, -0.2) is 4.68 Å². The summed E-state index contributed by atoms with van der Waals surface area (Å²) in [6.07, 6.45) is 9.41. The molecule has 7 nitrogen and oxygen atoms in total. The van der Waals surface area contributed by atoms with Crippen molar-refractivity contribution < 1.29 is 9.59 Å². The van der Waals surface area contributed by atoms with Gasteiger partial charge in [-0.1, -0.05) is 30.3 Å². The maximum absolute atomic E-state index is 12.9. The highest BCUT2D eigenvalue weighted by atomic mass is 16.2. The minimum Gasteiger partial charge on any atom is -0.366 e. The van der Waals surface area contributed by atoms with Crippen molar-refractivity contribution in [3.05, 3.63) is 90.1 Å². The standard InChI is InChI=1S/C28H32N5O2/c29-27(35)25-7-2-1-5-23(25)6-3-15-31-17-12-28(13-18-31)19-26(34)32(21-28)20-22-8-10-24(11-9-22)33-16-4-14-30-33/h1-2,4-11,14,16H,3,12-13,15,17-21H2,(H2,29,35). The van der Waals surface area contributed by atoms with Crippen molar-refractivity contribution in [2.75, 3.05) is 26.2 Å². The Hall–Kier alpha value is -3.45. The van der Waals surface area contributed by atoms with Gasteiger partial charge in [0.25, 0.3) is 0 Å². The number of likely N-dealkylation sites (tertiary alicyclic amines) is 2. The molecule has 1 aromatic heterocycles. The highest BCUT2D eigenvalue weighted by molar-refractivity contribution is 5.94. The summed E-state index contributed by atoms with van der Waals surface area (Å²) < 4.78 is 1.84. The highest BCUT2D eigenvalue weighted by Crippen LogP contribution is 2.41. The predicted octanol–water partition coefficient (Wildman–Crippen LogP) is 3.43. The number of hydrogen-bond acceptors (Lipinski definition) is 4. The van der Waals surface area contributed by atoms with Crippen molar-refractivity contribution in [2.24, 2.45) is 11.1 Å². The molecule has 2 aliphatic rings. The number of nitrogens with zero attached hydrogens (tertiary/aromatic N) is 4. The molecule has 1 spiro atoms. The summed E-state index contributed by atoms with van der Waals surface area (Å²) in [4.78, 5) is 29.0. The molecule has 0 atom stereocenters. The van der Waals surface area contributed by atoms with E-state index in [1.165, 1.54) is 0 Å². The van der Waals surface area contributed by atoms with Gasteiger partial charge in [-0.2, -0.15) is 5.10 Å². The molecule has 181 valence electrons. The molecule has 2 amide bonds. The molecule has 7 heteroatoms. The van der Waals surface area contributed by atoms with Crippen LogP contribution in [0.3, 0.4) is 0 Å². The quantitative estimate of drug-likeness (QED) is 0.547. The number of rotatable bonds is 8. The molecule has 5 rings (SSSR count). The third-order valence-corrected chi connectivity index (χ3v) is 7.44. The lowest BCUT2D eigenvalue weighted by atomic mass is 9.77. The SMILES string of the molecule is NC(=O)c1ccccc1[CH]CCN1CCC2(CC1)CC(=O)N(Cc1ccc(-n3cccn3)cc1)C2. The largest absolute Gasteiger partial charge is 0.366 e. The van der Waals surface area contributed by atoms with Gasteiger partial charge in [-0.3, -0.25) is 9.59 Å². The Morgan fingerprint density at radius 1 is 1.06 bits per heavy atom. The topological polar surface area (TPSA) is 84.5 Å². The monoisotopic (exact) mass is 470 g/mol. The summed E-state index contributed by atoms with van der Waals surface area (Å²) >= 11 is 0. The second kappa shape index (κ2) is 10.0. The molecule has 2 aliphatic heterocycles. The number of carbonyl (C=O) groups excluding carboxylic acids is 2. The van der Waals surface area contributed by atoms with Crippen LogP contribution in [0.2, 0.25) is 0 Å². The first-order valence-electron chi connectivity index (χ1n) is 12.3. The maximum Gasteiger partial charge on any atom is 0.248 e. The van der Waals surface area contributed by atoms with Crippen LogP contribution in [0, 0.1) is 11.8 Å². The maximum atomic E-state index is 12.9. The van der Waals surface area contributed by atoms with Crippen LogP contribution in [-0.4, -0.2) is 57.6 Å². The van der Waals surface area contributed by atoms with Crippen LogP contribution < -0.4 is 5.73 Å². The number of hydrogen-bond donors (Lipinski definition) is 1. The fourth-order valence-electron chi connectivity index (χ4n) is 5.41. The van der Waals surface area contributed by atoms with Crippen molar-refractivity contribution in [3.63, 3.8) is 0 Å². The number of benzene rings is 2. The zero-order chi connectivity index (χ0) is 24.3. The van der Waals surface area contributed by atoms with Crippen LogP contribution in [0.15, 0.2) is 67.0 Å². The number of piperidine rings is 1. The second-order valence-electron chi connectivity index (χ2n) is 9.83. The summed E-state index contributed by atoms with van der Waals surface area (Å²) in [5.41, 5.74) is 9.24. The van der Waals surface area contributed by atoms with E-state index in [-0.39, 0.29) is 17.2 Å². The highest BCUT2D eigenvalue weighted by Gasteiger charge is 2.44. The van der Waals surface area contributed by atoms with Gasteiger partial charge in [0, 0.05) is 37.5 Å². The van der Waals surface area contributed by atoms with Gasteiger partial charge in [0.05, 0.1) is 5.69 Å². The number of carbonyl (C=O) groups is 2. The predicted molar refractivity (Wildman–Crippen MR) is 135 cm³/mol. The number of nitrogens with two attached hydrogens (primary N) is 1. The number of amides is 2. The van der Waals surface area contributed by atoms with E-state index in [9.17, 15) is 9.59 Å². The smallest absolute Gasteiger partial charge is 0.248 e. The van der Waals surface area contributed by atoms with E-state index >= 15 is 0 Å². The normalized spacial score (nSPS) is 17.8. The first kappa shape index (κ1) is 23.3. The Labute approximate surface area is 206 Å². The van der Waals surface area contributed by atoms with E-state index < -0.39 is 0 Å². The van der Waals surface area contributed by atoms with Crippen molar-refractivity contribution in [1.29, 1.82) is 0 Å². The number of primary amides is 1. The average Bonchev–Trinajstić information content (AvgIpc) is 3.50. The molecule has 2 aromatic carbocycles. The average molecular weight is 471 g/mol. The molecule has 2 saturated heterocycles. The van der Waals surface area contributed by atoms with Crippen molar-refractivity contribution in [1.82, 2.24) is 19.6 Å². The summed E-state index contributed by atoms with van der Waals surface area (Å²) in [7, 11) is 0. The summed E-state index contributed by atoms with van der Waals surface area (Å²) in [5, 5.41) is 4.27. The van der Waals surface area contributed by atoms with Crippen molar-refractivity contribution in [3.8, 4) is 5.69 Å². The zero-order valence-electron chi connectivity index (χ0n) is 20.0. The van der Waals surface area contributed by atoms with E-state index in [1.807, 2.05) is 40.0 Å². The molecule has 2 N–H and O–H groups in total. The van der Waals surface area contributed by atoms with Gasteiger partial charge >= 0.3 is 0 Å². The third kappa shape index (κ3) is 5.30. The van der Waals surface area contributed by atoms with Gasteiger partial charge in [0.15, 0.2) is 0 Å². The molecule has 35 heavy (non-hydrogen) atoms. The Kier molecular flexibility index (Phi) is 6.68. The Balaban J connectivity index is 1.10. The minimum absolute atomic E-state index is 0.102. The molecule has 3 heterocycles. The van der Waals surface area contributed by atoms with Crippen LogP contribution in [0.5, 0.6) is 0 Å². The van der Waals surface area contributed by atoms with Crippen LogP contribution in [0.4, 0.5) is 0 Å². The minimum atomic E-state index is -0.388. The van der Waals surface area contributed by atoms with E-state index in [1.54, 1.807) is 12.3 Å². The van der Waals surface area contributed by atoms with Crippen LogP contribution in [0.1, 0.15) is 47.2 Å². The van der Waals surface area contributed by atoms with E-state index in [0.717, 1.165) is 62.3 Å². The van der Waals surface area contributed by atoms with Gasteiger partial charge in [-0.05, 0) is 86.1 Å². The fourth-order valence-corrected chi connectivity index (χ4v) is 5.41. The molecular weight excluding hydrogens is 438 g/mol. The zero-order valence-corrected chi connectivity index (χ0v) is 20.0. The lowest BCUT2D eigenvalue weighted by Crippen LogP contribution is -2.41. The molecular formula is C28H32N5O2. The van der Waals surface area contributed by atoms with E-state index in [2.05, 4.69) is 40.7 Å². The number of aromatic nitrogens is 2. The van der Waals surface area contributed by atoms with E-state index in [4.69, 9.17) is 5.73 Å². The molecule has 0 aliphatic carbocycles. The van der Waals surface area contributed by atoms with Crippen molar-refractivity contribution in [2.45, 2.75) is 32.2 Å². The van der Waals surface area contributed by atoms with Crippen LogP contribution in [-0.2, 0) is 11.3 Å². The van der Waals surface area contributed by atoms with Gasteiger partial charge in [-0.15, -0.1) is 0 Å². The lowest BCUT2D eigenvalue weighted by molar-refractivity contribution is -0.128. The molecule has 3 aromatic rings. The summed E-state index contributed by atoms with van der Waals surface area (Å²) in [5.74, 6) is -0.118. The molecule has 2 fully saturated rings. The summed E-state index contributed by atoms with van der Waals surface area (Å²) in [6, 6.07) is 17.7. The van der Waals surface area contributed by atoms with Gasteiger partial charge in [0.1, 0.15) is 0 Å². The Morgan fingerprint density at radius 3 is 2.54 bits per heavy atom. The van der Waals surface area contributed by atoms with E-state index in [0.29, 0.717) is 18.5 Å². The first-order chi connectivity index (χ1) is 17.0. The van der Waals surface area contributed by atoms with Crippen LogP contribution in [0.25, 0.3) is 5.69 Å². The molecule has 0 unspecified atom stereocenters. The molecule has 0 bridgehead atoms. The molecule has 0 saturated carbocycles. The fraction of sp³-hybridized carbons (Fsp3) is 0.357. The Morgan fingerprint density at radius 2 is 1.83 bits per heavy atom. The van der Waals surface area contributed by atoms with Crippen molar-refractivity contribution >= 4 is 11.8 Å². The summed E-state index contributed by atoms with van der Waals surface area (Å²) in [6.45, 7) is 4.47. The lowest BCUT2D eigenvalue weighted by Gasteiger charge is -2.38. The molecule has 1 radical (unpaired) electrons. The second-order valence-corrected chi connectivity index (χ2v) is 9.83.